The van der Waals surface area contributed by atoms with E-state index >= 15 is 0 Å². The first kappa shape index (κ1) is 8.80. The average molecular weight is 190 g/mol. The molecule has 0 aliphatic carbocycles. The lowest BCUT2D eigenvalue weighted by molar-refractivity contribution is 0.686. The lowest BCUT2D eigenvalue weighted by Gasteiger charge is -1.89. The Kier molecular flexibility index (Phi) is 3.14. The van der Waals surface area contributed by atoms with E-state index < -0.39 is 10.8 Å². The number of aryl methyl sites for hydroxylation is 2. The van der Waals surface area contributed by atoms with Crippen LogP contribution in [0.1, 0.15) is 10.0 Å². The second kappa shape index (κ2) is 3.92. The number of hydrogen-bond donors (Lipinski definition) is 0. The molecule has 0 radical (unpaired) electrons. The molecule has 1 heterocycles. The van der Waals surface area contributed by atoms with Gasteiger partial charge >= 0.3 is 0 Å². The van der Waals surface area contributed by atoms with Gasteiger partial charge in [0.25, 0.3) is 0 Å². The third kappa shape index (κ3) is 3.07. The summed E-state index contributed by atoms with van der Waals surface area (Å²) in [5.74, 6) is 0.689. The summed E-state index contributed by atoms with van der Waals surface area (Å²) >= 11 is 1.57. The second-order valence-corrected chi connectivity index (χ2v) is 5.06. The van der Waals surface area contributed by atoms with E-state index in [1.807, 2.05) is 6.92 Å². The maximum Gasteiger partial charge on any atom is 0.118 e. The van der Waals surface area contributed by atoms with Gasteiger partial charge in [-0.2, -0.15) is 0 Å². The molecule has 0 N–H and O–H groups in total. The van der Waals surface area contributed by atoms with Crippen molar-refractivity contribution in [1.29, 1.82) is 0 Å². The lowest BCUT2D eigenvalue weighted by atomic mass is 10.5. The molecule has 1 aromatic heterocycles. The predicted octanol–water partition coefficient (Wildman–Crippen LogP) is 0.768. The Morgan fingerprint density at radius 2 is 2.27 bits per heavy atom. The molecule has 0 aliphatic heterocycles. The summed E-state index contributed by atoms with van der Waals surface area (Å²) < 4.78 is 10.7. The van der Waals surface area contributed by atoms with E-state index in [2.05, 4.69) is 10.2 Å². The molecule has 1 rings (SSSR count). The Morgan fingerprint density at radius 1 is 1.55 bits per heavy atom. The third-order valence-electron chi connectivity index (χ3n) is 1.17. The first-order valence-electron chi connectivity index (χ1n) is 3.27. The van der Waals surface area contributed by atoms with Crippen molar-refractivity contribution in [2.45, 2.75) is 13.3 Å². The Hall–Kier alpha value is -0.290. The Morgan fingerprint density at radius 3 is 2.73 bits per heavy atom. The third-order valence-corrected chi connectivity index (χ3v) is 2.85. The van der Waals surface area contributed by atoms with E-state index in [0.717, 1.165) is 16.4 Å². The quantitative estimate of drug-likeness (QED) is 0.707. The van der Waals surface area contributed by atoms with Gasteiger partial charge < -0.3 is 0 Å². The predicted molar refractivity (Wildman–Crippen MR) is 47.3 cm³/mol. The molecule has 1 atom stereocenters. The van der Waals surface area contributed by atoms with Crippen molar-refractivity contribution in [2.24, 2.45) is 0 Å². The van der Waals surface area contributed by atoms with E-state index in [0.29, 0.717) is 5.75 Å². The summed E-state index contributed by atoms with van der Waals surface area (Å²) in [6.45, 7) is 1.92. The Bertz CT molecular complexity index is 259. The number of nitrogens with zero attached hydrogens (tertiary/aromatic N) is 2. The summed E-state index contributed by atoms with van der Waals surface area (Å²) in [6, 6.07) is 0. The fourth-order valence-corrected chi connectivity index (χ4v) is 1.99. The molecular weight excluding hydrogens is 180 g/mol. The highest BCUT2D eigenvalue weighted by Gasteiger charge is 2.00. The van der Waals surface area contributed by atoms with Gasteiger partial charge in [0, 0.05) is 29.2 Å². The van der Waals surface area contributed by atoms with Gasteiger partial charge in [-0.3, -0.25) is 4.21 Å². The van der Waals surface area contributed by atoms with Crippen molar-refractivity contribution in [3.8, 4) is 0 Å². The molecule has 0 amide bonds. The molecule has 62 valence electrons. The lowest BCUT2D eigenvalue weighted by Crippen LogP contribution is -1.97. The summed E-state index contributed by atoms with van der Waals surface area (Å²) in [6.07, 6.45) is 2.49. The molecule has 0 bridgehead atoms. The van der Waals surface area contributed by atoms with Crippen LogP contribution in [-0.4, -0.2) is 26.4 Å². The van der Waals surface area contributed by atoms with Crippen molar-refractivity contribution < 1.29 is 4.21 Å². The van der Waals surface area contributed by atoms with Gasteiger partial charge in [-0.15, -0.1) is 21.5 Å². The summed E-state index contributed by atoms with van der Waals surface area (Å²) in [5, 5.41) is 9.74. The van der Waals surface area contributed by atoms with Gasteiger partial charge in [0.15, 0.2) is 0 Å². The van der Waals surface area contributed by atoms with Crippen LogP contribution in [0, 0.1) is 6.92 Å². The zero-order valence-electron chi connectivity index (χ0n) is 6.53. The Balaban J connectivity index is 2.45. The van der Waals surface area contributed by atoms with Crippen molar-refractivity contribution in [2.75, 3.05) is 12.0 Å². The zero-order chi connectivity index (χ0) is 8.27. The van der Waals surface area contributed by atoms with Crippen LogP contribution >= 0.6 is 11.3 Å². The normalized spacial score (nSPS) is 13.3. The van der Waals surface area contributed by atoms with Crippen molar-refractivity contribution in [3.63, 3.8) is 0 Å². The fraction of sp³-hybridized carbons (Fsp3) is 0.667. The maximum absolute atomic E-state index is 10.7. The maximum atomic E-state index is 10.7. The average Bonchev–Trinajstić information content (AvgIpc) is 2.31. The van der Waals surface area contributed by atoms with E-state index in [4.69, 9.17) is 0 Å². The minimum Gasteiger partial charge on any atom is -0.260 e. The van der Waals surface area contributed by atoms with Gasteiger partial charge in [-0.1, -0.05) is 0 Å². The largest absolute Gasteiger partial charge is 0.260 e. The molecule has 0 saturated carbocycles. The van der Waals surface area contributed by atoms with Gasteiger partial charge in [-0.05, 0) is 6.92 Å². The minimum atomic E-state index is -0.718. The van der Waals surface area contributed by atoms with Crippen LogP contribution in [0.5, 0.6) is 0 Å². The molecule has 3 nitrogen and oxygen atoms in total. The molecule has 0 saturated heterocycles. The molecule has 0 aliphatic rings. The van der Waals surface area contributed by atoms with E-state index in [9.17, 15) is 4.21 Å². The summed E-state index contributed by atoms with van der Waals surface area (Å²) in [7, 11) is -0.718. The SMILES string of the molecule is Cc1nnc(CCS(C)=O)s1. The van der Waals surface area contributed by atoms with Crippen LogP contribution in [0.4, 0.5) is 0 Å². The minimum absolute atomic E-state index is 0.689. The second-order valence-electron chi connectivity index (χ2n) is 2.24. The van der Waals surface area contributed by atoms with Gasteiger partial charge in [0.05, 0.1) is 0 Å². The standard InChI is InChI=1S/C6H10N2OS2/c1-5-7-8-6(10-5)3-4-11(2)9/h3-4H2,1-2H3. The molecule has 0 aromatic carbocycles. The van der Waals surface area contributed by atoms with Crippen molar-refractivity contribution in [3.05, 3.63) is 10.0 Å². The van der Waals surface area contributed by atoms with Gasteiger partial charge in [0.2, 0.25) is 0 Å². The monoisotopic (exact) mass is 190 g/mol. The van der Waals surface area contributed by atoms with Crippen molar-refractivity contribution >= 4 is 22.1 Å². The van der Waals surface area contributed by atoms with Crippen LogP contribution in [0.15, 0.2) is 0 Å². The molecule has 0 fully saturated rings. The zero-order valence-corrected chi connectivity index (χ0v) is 8.17. The summed E-state index contributed by atoms with van der Waals surface area (Å²) in [4.78, 5) is 0. The van der Waals surface area contributed by atoms with E-state index in [1.165, 1.54) is 0 Å². The first-order chi connectivity index (χ1) is 5.18. The number of hydrogen-bond acceptors (Lipinski definition) is 4. The number of rotatable bonds is 3. The molecule has 1 unspecified atom stereocenters. The van der Waals surface area contributed by atoms with Crippen LogP contribution in [-0.2, 0) is 17.2 Å². The molecule has 11 heavy (non-hydrogen) atoms. The molecular formula is C6H10N2OS2. The highest BCUT2D eigenvalue weighted by Crippen LogP contribution is 2.08. The van der Waals surface area contributed by atoms with Crippen LogP contribution in [0.3, 0.4) is 0 Å². The summed E-state index contributed by atoms with van der Waals surface area (Å²) in [5.41, 5.74) is 0. The van der Waals surface area contributed by atoms with E-state index in [-0.39, 0.29) is 0 Å². The van der Waals surface area contributed by atoms with Crippen molar-refractivity contribution in [1.82, 2.24) is 10.2 Å². The molecule has 1 aromatic rings. The van der Waals surface area contributed by atoms with E-state index in [1.54, 1.807) is 17.6 Å². The highest BCUT2D eigenvalue weighted by molar-refractivity contribution is 7.84. The van der Waals surface area contributed by atoms with Gasteiger partial charge in [-0.25, -0.2) is 0 Å². The molecule has 0 spiro atoms. The topological polar surface area (TPSA) is 42.9 Å². The number of aromatic nitrogens is 2. The Labute approximate surface area is 72.3 Å². The van der Waals surface area contributed by atoms with Gasteiger partial charge in [0.1, 0.15) is 10.0 Å². The fourth-order valence-electron chi connectivity index (χ4n) is 0.670. The first-order valence-corrected chi connectivity index (χ1v) is 5.82. The van der Waals surface area contributed by atoms with Crippen LogP contribution < -0.4 is 0 Å². The smallest absolute Gasteiger partial charge is 0.118 e. The van der Waals surface area contributed by atoms with Crippen LogP contribution in [0.25, 0.3) is 0 Å². The van der Waals surface area contributed by atoms with Crippen LogP contribution in [0.2, 0.25) is 0 Å². The highest BCUT2D eigenvalue weighted by atomic mass is 32.2. The molecule has 5 heteroatoms.